The van der Waals surface area contributed by atoms with Crippen LogP contribution in [0.15, 0.2) is 103 Å². The van der Waals surface area contributed by atoms with Crippen LogP contribution in [0.2, 0.25) is 0 Å². The van der Waals surface area contributed by atoms with Crippen molar-refractivity contribution in [2.45, 2.75) is 0 Å². The number of fused-ring (bicyclic) bond motifs is 3. The summed E-state index contributed by atoms with van der Waals surface area (Å²) < 4.78 is 11.9. The van der Waals surface area contributed by atoms with E-state index in [1.54, 1.807) is 7.11 Å². The first-order chi connectivity index (χ1) is 16.2. The Hall–Kier alpha value is -4.22. The number of hydrogen-bond donors (Lipinski definition) is 0. The summed E-state index contributed by atoms with van der Waals surface area (Å²) >= 11 is 0. The molecule has 0 amide bonds. The minimum absolute atomic E-state index is 0.0870. The van der Waals surface area contributed by atoms with E-state index in [1.807, 2.05) is 91.0 Å². The van der Waals surface area contributed by atoms with E-state index in [2.05, 4.69) is 12.1 Å². The van der Waals surface area contributed by atoms with Gasteiger partial charge in [0.1, 0.15) is 4.81 Å². The predicted molar refractivity (Wildman–Crippen MR) is 129 cm³/mol. The van der Waals surface area contributed by atoms with Crippen LogP contribution in [0.1, 0.15) is 0 Å². The Kier molecular flexibility index (Phi) is 4.56. The maximum absolute atomic E-state index is 6.42. The molecular formula is C28H22NO4+. The van der Waals surface area contributed by atoms with Crippen molar-refractivity contribution in [2.24, 2.45) is 0 Å². The largest absolute Gasteiger partial charge is 0.493 e. The molecule has 1 aliphatic rings. The summed E-state index contributed by atoms with van der Waals surface area (Å²) in [6, 6.07) is 34.0. The topological polar surface area (TPSA) is 36.9 Å². The summed E-state index contributed by atoms with van der Waals surface area (Å²) in [5.41, 5.74) is 0.817. The number of benzene rings is 5. The van der Waals surface area contributed by atoms with Crippen LogP contribution in [-0.4, -0.2) is 13.8 Å². The van der Waals surface area contributed by atoms with Crippen LogP contribution in [0.4, 0.5) is 5.69 Å². The second-order valence-corrected chi connectivity index (χ2v) is 7.96. The number of para-hydroxylation sites is 1. The van der Waals surface area contributed by atoms with Crippen molar-refractivity contribution < 1.29 is 19.1 Å². The highest BCUT2D eigenvalue weighted by molar-refractivity contribution is 5.87. The normalized spacial score (nSPS) is 13.8. The quantitative estimate of drug-likeness (QED) is 0.289. The monoisotopic (exact) mass is 436 g/mol. The molecule has 1 aliphatic heterocycles. The summed E-state index contributed by atoms with van der Waals surface area (Å²) in [5, 5.41) is 4.33. The molecule has 0 radical (unpaired) electrons. The first-order valence-electron chi connectivity index (χ1n) is 10.8. The molecule has 0 atom stereocenters. The van der Waals surface area contributed by atoms with Crippen LogP contribution >= 0.6 is 0 Å². The molecule has 0 spiro atoms. The van der Waals surface area contributed by atoms with Gasteiger partial charge in [-0.05, 0) is 45.8 Å². The molecular weight excluding hydrogens is 414 g/mol. The average Bonchev–Trinajstić information content (AvgIpc) is 3.24. The molecule has 5 aromatic carbocycles. The first-order valence-corrected chi connectivity index (χ1v) is 10.8. The Morgan fingerprint density at radius 1 is 0.606 bits per heavy atom. The molecule has 0 aromatic heterocycles. The van der Waals surface area contributed by atoms with Crippen LogP contribution in [0, 0.1) is 0 Å². The fourth-order valence-electron chi connectivity index (χ4n) is 4.19. The molecule has 6 rings (SSSR count). The molecule has 162 valence electrons. The van der Waals surface area contributed by atoms with Gasteiger partial charge in [-0.3, -0.25) is 9.68 Å². The van der Waals surface area contributed by atoms with Gasteiger partial charge in [0, 0.05) is 12.1 Å². The van der Waals surface area contributed by atoms with E-state index < -0.39 is 0 Å². The Morgan fingerprint density at radius 2 is 1.09 bits per heavy atom. The van der Waals surface area contributed by atoms with Crippen molar-refractivity contribution in [2.75, 3.05) is 13.8 Å². The number of hydroxylamine groups is 2. The van der Waals surface area contributed by atoms with Gasteiger partial charge in [-0.2, -0.15) is 0 Å². The van der Waals surface area contributed by atoms with E-state index >= 15 is 0 Å². The molecule has 5 nitrogen and oxygen atoms in total. The van der Waals surface area contributed by atoms with Crippen LogP contribution in [0.3, 0.4) is 0 Å². The summed E-state index contributed by atoms with van der Waals surface area (Å²) in [4.78, 5) is 12.6. The Morgan fingerprint density at radius 3 is 1.64 bits per heavy atom. The number of quaternary nitrogens is 1. The van der Waals surface area contributed by atoms with Gasteiger partial charge in [0.05, 0.1) is 7.11 Å². The van der Waals surface area contributed by atoms with Gasteiger partial charge >= 0.3 is 6.73 Å². The van der Waals surface area contributed by atoms with E-state index in [9.17, 15) is 0 Å². The van der Waals surface area contributed by atoms with Crippen molar-refractivity contribution in [3.8, 4) is 23.0 Å². The maximum Gasteiger partial charge on any atom is 0.309 e. The zero-order chi connectivity index (χ0) is 22.3. The molecule has 0 saturated heterocycles. The van der Waals surface area contributed by atoms with E-state index in [4.69, 9.17) is 19.1 Å². The molecule has 33 heavy (non-hydrogen) atoms. The van der Waals surface area contributed by atoms with Crippen molar-refractivity contribution in [1.29, 1.82) is 0 Å². The van der Waals surface area contributed by atoms with E-state index in [1.165, 1.54) is 0 Å². The molecule has 0 fully saturated rings. The molecule has 0 saturated carbocycles. The van der Waals surface area contributed by atoms with Crippen molar-refractivity contribution in [3.63, 3.8) is 0 Å². The van der Waals surface area contributed by atoms with E-state index in [0.717, 1.165) is 27.2 Å². The summed E-state index contributed by atoms with van der Waals surface area (Å²) in [6.45, 7) is 0.0870. The third kappa shape index (κ3) is 3.39. The molecule has 0 N–H and O–H groups in total. The number of hydrogen-bond acceptors (Lipinski definition) is 4. The highest BCUT2D eigenvalue weighted by atomic mass is 17.0. The molecule has 0 bridgehead atoms. The molecule has 0 unspecified atom stereocenters. The zero-order valence-corrected chi connectivity index (χ0v) is 18.1. The van der Waals surface area contributed by atoms with Gasteiger partial charge in [0.15, 0.2) is 11.5 Å². The summed E-state index contributed by atoms with van der Waals surface area (Å²) in [5.74, 6) is 2.62. The standard InChI is InChI=1S/C28H22NO4/c1-30-25-15-20-9-5-6-10-21(20)16-26(25)31-19-29(24-13-3-2-4-14-24)32-27-17-22-11-7-8-12-23(22)18-28(27)33-29/h2-18H,19H2,1H3/q+1. The number of methoxy groups -OCH3 is 1. The lowest BCUT2D eigenvalue weighted by Gasteiger charge is -2.25. The van der Waals surface area contributed by atoms with Crippen molar-refractivity contribution in [3.05, 3.63) is 103 Å². The number of nitrogens with zero attached hydrogens (tertiary/aromatic N) is 1. The highest BCUT2D eigenvalue weighted by Crippen LogP contribution is 2.44. The predicted octanol–water partition coefficient (Wildman–Crippen LogP) is 6.65. The van der Waals surface area contributed by atoms with Gasteiger partial charge in [-0.15, -0.1) is 0 Å². The van der Waals surface area contributed by atoms with Gasteiger partial charge in [-0.25, -0.2) is 0 Å². The fraction of sp³-hybridized carbons (Fsp3) is 0.0714. The first kappa shape index (κ1) is 19.5. The zero-order valence-electron chi connectivity index (χ0n) is 18.1. The number of rotatable bonds is 5. The number of ether oxygens (including phenoxy) is 2. The second kappa shape index (κ2) is 7.73. The highest BCUT2D eigenvalue weighted by Gasteiger charge is 2.47. The van der Waals surface area contributed by atoms with E-state index in [0.29, 0.717) is 23.0 Å². The fourth-order valence-corrected chi connectivity index (χ4v) is 4.19. The smallest absolute Gasteiger partial charge is 0.309 e. The maximum atomic E-state index is 6.42. The van der Waals surface area contributed by atoms with Gasteiger partial charge in [0.25, 0.3) is 0 Å². The molecule has 1 heterocycles. The van der Waals surface area contributed by atoms with Gasteiger partial charge in [-0.1, -0.05) is 66.7 Å². The van der Waals surface area contributed by atoms with Gasteiger partial charge < -0.3 is 9.47 Å². The third-order valence-electron chi connectivity index (χ3n) is 5.88. The molecule has 5 aromatic rings. The van der Waals surface area contributed by atoms with Gasteiger partial charge in [0.2, 0.25) is 17.2 Å². The van der Waals surface area contributed by atoms with Crippen molar-refractivity contribution in [1.82, 2.24) is 4.81 Å². The lowest BCUT2D eigenvalue weighted by Crippen LogP contribution is -2.54. The summed E-state index contributed by atoms with van der Waals surface area (Å²) in [6.07, 6.45) is 0. The van der Waals surface area contributed by atoms with Crippen molar-refractivity contribution >= 4 is 27.2 Å². The lowest BCUT2D eigenvalue weighted by molar-refractivity contribution is -0.241. The minimum Gasteiger partial charge on any atom is -0.493 e. The van der Waals surface area contributed by atoms with Crippen LogP contribution in [-0.2, 0) is 0 Å². The lowest BCUT2D eigenvalue weighted by atomic mass is 10.1. The third-order valence-corrected chi connectivity index (χ3v) is 5.88. The second-order valence-electron chi connectivity index (χ2n) is 7.96. The van der Waals surface area contributed by atoms with E-state index in [-0.39, 0.29) is 11.5 Å². The summed E-state index contributed by atoms with van der Waals surface area (Å²) in [7, 11) is 1.64. The molecule has 0 aliphatic carbocycles. The Balaban J connectivity index is 1.39. The van der Waals surface area contributed by atoms with Crippen LogP contribution < -0.4 is 24.0 Å². The molecule has 5 heteroatoms. The Bertz CT molecular complexity index is 1420. The SMILES string of the molecule is COc1cc2ccccc2cc1OC[N+]1(c2ccccc2)Oc2cc3ccccc3cc2O1. The van der Waals surface area contributed by atoms with Crippen LogP contribution in [0.5, 0.6) is 23.0 Å². The van der Waals surface area contributed by atoms with Crippen LogP contribution in [0.25, 0.3) is 21.5 Å². The Labute approximate surface area is 191 Å². The average molecular weight is 436 g/mol. The minimum atomic E-state index is -0.275.